The minimum absolute atomic E-state index is 0.116. The van der Waals surface area contributed by atoms with Gasteiger partial charge >= 0.3 is 6.09 Å². The maximum atomic E-state index is 13.9. The molecule has 0 aliphatic carbocycles. The number of ether oxygens (including phenoxy) is 1. The number of methoxy groups -OCH3 is 1. The highest BCUT2D eigenvalue weighted by atomic mass is 32.1. The van der Waals surface area contributed by atoms with E-state index in [1.54, 1.807) is 5.38 Å². The van der Waals surface area contributed by atoms with Crippen LogP contribution in [-0.2, 0) is 9.53 Å². The van der Waals surface area contributed by atoms with Crippen LogP contribution in [0.4, 0.5) is 24.4 Å². The van der Waals surface area contributed by atoms with E-state index in [9.17, 15) is 18.4 Å². The van der Waals surface area contributed by atoms with Gasteiger partial charge in [-0.25, -0.2) is 24.0 Å². The van der Waals surface area contributed by atoms with Gasteiger partial charge in [-0.3, -0.25) is 9.69 Å². The number of hydrogen-bond donors (Lipinski definition) is 1. The number of rotatable bonds is 4. The zero-order valence-corrected chi connectivity index (χ0v) is 13.4. The molecule has 0 saturated heterocycles. The second-order valence-electron chi connectivity index (χ2n) is 4.37. The molecular formula is C14H12F2N4O3S. The number of halogens is 2. The largest absolute Gasteiger partial charge is 0.452 e. The fourth-order valence-corrected chi connectivity index (χ4v) is 2.54. The first kappa shape index (κ1) is 17.5. The minimum atomic E-state index is -0.886. The van der Waals surface area contributed by atoms with Gasteiger partial charge in [0.15, 0.2) is 5.13 Å². The number of thiazole rings is 1. The third kappa shape index (κ3) is 4.10. The molecule has 0 saturated carbocycles. The SMILES string of the molecule is COC(=O)N/N=C\c1csc(N(C(C)=O)c2ccc(F)cc2F)n1. The maximum Gasteiger partial charge on any atom is 0.427 e. The first-order valence-electron chi connectivity index (χ1n) is 6.50. The van der Waals surface area contributed by atoms with Gasteiger partial charge in [0.1, 0.15) is 11.6 Å². The van der Waals surface area contributed by atoms with E-state index in [1.165, 1.54) is 20.2 Å². The van der Waals surface area contributed by atoms with E-state index >= 15 is 0 Å². The van der Waals surface area contributed by atoms with E-state index in [4.69, 9.17) is 0 Å². The van der Waals surface area contributed by atoms with Crippen LogP contribution in [0.25, 0.3) is 0 Å². The van der Waals surface area contributed by atoms with E-state index in [2.05, 4.69) is 20.2 Å². The van der Waals surface area contributed by atoms with Crippen LogP contribution in [-0.4, -0.2) is 30.3 Å². The van der Waals surface area contributed by atoms with Crippen LogP contribution in [0.3, 0.4) is 0 Å². The van der Waals surface area contributed by atoms with Crippen molar-refractivity contribution < 1.29 is 23.1 Å². The van der Waals surface area contributed by atoms with Crippen LogP contribution < -0.4 is 10.3 Å². The zero-order chi connectivity index (χ0) is 17.7. The van der Waals surface area contributed by atoms with Crippen molar-refractivity contribution in [2.75, 3.05) is 12.0 Å². The molecule has 10 heteroatoms. The first-order chi connectivity index (χ1) is 11.4. The van der Waals surface area contributed by atoms with Crippen molar-refractivity contribution in [3.05, 3.63) is 40.9 Å². The lowest BCUT2D eigenvalue weighted by atomic mass is 10.2. The number of carbonyl (C=O) groups is 2. The average Bonchev–Trinajstić information content (AvgIpc) is 2.97. The summed E-state index contributed by atoms with van der Waals surface area (Å²) in [7, 11) is 1.19. The van der Waals surface area contributed by atoms with Gasteiger partial charge in [0.05, 0.1) is 24.7 Å². The molecule has 1 aromatic heterocycles. The van der Waals surface area contributed by atoms with Crippen LogP contribution in [0, 0.1) is 11.6 Å². The van der Waals surface area contributed by atoms with Crippen LogP contribution >= 0.6 is 11.3 Å². The van der Waals surface area contributed by atoms with Gasteiger partial charge in [0.2, 0.25) is 5.91 Å². The van der Waals surface area contributed by atoms with E-state index in [0.29, 0.717) is 11.8 Å². The molecular weight excluding hydrogens is 342 g/mol. The lowest BCUT2D eigenvalue weighted by Crippen LogP contribution is -2.23. The minimum Gasteiger partial charge on any atom is -0.452 e. The Morgan fingerprint density at radius 1 is 1.42 bits per heavy atom. The number of hydrogen-bond acceptors (Lipinski definition) is 6. The Hall–Kier alpha value is -2.88. The van der Waals surface area contributed by atoms with Crippen molar-refractivity contribution in [1.82, 2.24) is 10.4 Å². The molecule has 2 rings (SSSR count). The Balaban J connectivity index is 2.27. The van der Waals surface area contributed by atoms with Crippen molar-refractivity contribution >= 4 is 40.4 Å². The standard InChI is InChI=1S/C14H12F2N4O3S/c1-8(21)20(12-4-3-9(15)5-11(12)16)13-18-10(7-24-13)6-17-19-14(22)23-2/h3-7H,1-2H3,(H,19,22)/b17-6-. The fraction of sp³-hybridized carbons (Fsp3) is 0.143. The van der Waals surface area contributed by atoms with E-state index in [1.807, 2.05) is 0 Å². The number of carbonyl (C=O) groups excluding carboxylic acids is 2. The smallest absolute Gasteiger partial charge is 0.427 e. The Morgan fingerprint density at radius 2 is 2.17 bits per heavy atom. The molecule has 7 nitrogen and oxygen atoms in total. The number of amides is 2. The van der Waals surface area contributed by atoms with E-state index < -0.39 is 23.6 Å². The predicted octanol–water partition coefficient (Wildman–Crippen LogP) is 2.80. The van der Waals surface area contributed by atoms with Gasteiger partial charge in [0, 0.05) is 18.4 Å². The van der Waals surface area contributed by atoms with Crippen molar-refractivity contribution in [1.29, 1.82) is 0 Å². The number of nitrogens with zero attached hydrogens (tertiary/aromatic N) is 3. The Bertz CT molecular complexity index is 794. The van der Waals surface area contributed by atoms with Gasteiger partial charge in [-0.1, -0.05) is 0 Å². The lowest BCUT2D eigenvalue weighted by Gasteiger charge is -2.18. The second-order valence-corrected chi connectivity index (χ2v) is 5.20. The van der Waals surface area contributed by atoms with Crippen molar-refractivity contribution in [3.63, 3.8) is 0 Å². The van der Waals surface area contributed by atoms with Crippen molar-refractivity contribution in [2.24, 2.45) is 5.10 Å². The summed E-state index contributed by atoms with van der Waals surface area (Å²) in [6.45, 7) is 1.23. The van der Waals surface area contributed by atoms with Crippen molar-refractivity contribution in [3.8, 4) is 0 Å². The molecule has 0 atom stereocenters. The number of nitrogens with one attached hydrogen (secondary N) is 1. The first-order valence-corrected chi connectivity index (χ1v) is 7.38. The van der Waals surface area contributed by atoms with E-state index in [0.717, 1.165) is 28.4 Å². The molecule has 0 radical (unpaired) electrons. The molecule has 0 spiro atoms. The Kier molecular flexibility index (Phi) is 5.53. The van der Waals surface area contributed by atoms with Crippen LogP contribution in [0.2, 0.25) is 0 Å². The predicted molar refractivity (Wildman–Crippen MR) is 84.4 cm³/mol. The van der Waals surface area contributed by atoms with Gasteiger partial charge in [-0.2, -0.15) is 5.10 Å². The second kappa shape index (κ2) is 7.59. The highest BCUT2D eigenvalue weighted by molar-refractivity contribution is 7.14. The molecule has 1 aromatic carbocycles. The maximum absolute atomic E-state index is 13.9. The lowest BCUT2D eigenvalue weighted by molar-refractivity contribution is -0.115. The molecule has 2 aromatic rings. The molecule has 126 valence electrons. The van der Waals surface area contributed by atoms with Gasteiger partial charge in [0.25, 0.3) is 0 Å². The molecule has 0 bridgehead atoms. The molecule has 0 unspecified atom stereocenters. The Morgan fingerprint density at radius 3 is 2.79 bits per heavy atom. The highest BCUT2D eigenvalue weighted by Crippen LogP contribution is 2.30. The fourth-order valence-electron chi connectivity index (χ4n) is 1.70. The van der Waals surface area contributed by atoms with Gasteiger partial charge < -0.3 is 4.74 Å². The van der Waals surface area contributed by atoms with Gasteiger partial charge in [-0.05, 0) is 12.1 Å². The summed E-state index contributed by atoms with van der Waals surface area (Å²) in [5.74, 6) is -2.13. The van der Waals surface area contributed by atoms with Crippen LogP contribution in [0.5, 0.6) is 0 Å². The number of benzene rings is 1. The number of hydrazone groups is 1. The van der Waals surface area contributed by atoms with Crippen LogP contribution in [0.1, 0.15) is 12.6 Å². The summed E-state index contributed by atoms with van der Waals surface area (Å²) in [6, 6.07) is 2.88. The average molecular weight is 354 g/mol. The summed E-state index contributed by atoms with van der Waals surface area (Å²) in [6.07, 6.45) is 0.483. The molecule has 24 heavy (non-hydrogen) atoms. The quantitative estimate of drug-likeness (QED) is 0.676. The molecule has 1 N–H and O–H groups in total. The third-order valence-corrected chi connectivity index (χ3v) is 3.55. The van der Waals surface area contributed by atoms with Crippen LogP contribution in [0.15, 0.2) is 28.7 Å². The molecule has 1 heterocycles. The normalized spacial score (nSPS) is 10.7. The number of anilines is 2. The monoisotopic (exact) mass is 354 g/mol. The number of aromatic nitrogens is 1. The molecule has 0 fully saturated rings. The van der Waals surface area contributed by atoms with E-state index in [-0.39, 0.29) is 10.8 Å². The summed E-state index contributed by atoms with van der Waals surface area (Å²) >= 11 is 1.06. The third-order valence-electron chi connectivity index (χ3n) is 2.70. The summed E-state index contributed by atoms with van der Waals surface area (Å²) in [4.78, 5) is 27.9. The zero-order valence-electron chi connectivity index (χ0n) is 12.6. The Labute approximate surface area is 139 Å². The summed E-state index contributed by atoms with van der Waals surface area (Å²) in [5.41, 5.74) is 2.30. The molecule has 0 aliphatic rings. The molecule has 2 amide bonds. The molecule has 0 aliphatic heterocycles. The van der Waals surface area contributed by atoms with Gasteiger partial charge in [-0.15, -0.1) is 11.3 Å². The summed E-state index contributed by atoms with van der Waals surface area (Å²) in [5, 5.41) is 5.32. The topological polar surface area (TPSA) is 83.9 Å². The van der Waals surface area contributed by atoms with Crippen molar-refractivity contribution in [2.45, 2.75) is 6.92 Å². The highest BCUT2D eigenvalue weighted by Gasteiger charge is 2.21. The summed E-state index contributed by atoms with van der Waals surface area (Å²) < 4.78 is 31.3.